The molecule has 1 N–H and O–H groups in total. The molecule has 1 atom stereocenters. The maximum absolute atomic E-state index is 13.4. The summed E-state index contributed by atoms with van der Waals surface area (Å²) < 4.78 is 7.28. The first-order chi connectivity index (χ1) is 13.3. The second kappa shape index (κ2) is 8.23. The quantitative estimate of drug-likeness (QED) is 0.776. The molecular formula is C21H27N3O3. The smallest absolute Gasteiger partial charge is 0.274 e. The molecule has 2 aliphatic rings. The van der Waals surface area contributed by atoms with Crippen molar-refractivity contribution in [3.8, 4) is 5.69 Å². The van der Waals surface area contributed by atoms with Gasteiger partial charge in [-0.05, 0) is 44.2 Å². The van der Waals surface area contributed by atoms with Gasteiger partial charge in [0.1, 0.15) is 0 Å². The summed E-state index contributed by atoms with van der Waals surface area (Å²) in [7, 11) is 0. The van der Waals surface area contributed by atoms with Gasteiger partial charge in [-0.3, -0.25) is 4.79 Å². The van der Waals surface area contributed by atoms with Crippen molar-refractivity contribution in [1.29, 1.82) is 0 Å². The topological polar surface area (TPSA) is 67.6 Å². The van der Waals surface area contributed by atoms with Gasteiger partial charge < -0.3 is 14.7 Å². The van der Waals surface area contributed by atoms with Gasteiger partial charge >= 0.3 is 0 Å². The minimum absolute atomic E-state index is 0.0204. The summed E-state index contributed by atoms with van der Waals surface area (Å²) in [6.07, 6.45) is 6.37. The number of aliphatic hydroxyl groups is 1. The van der Waals surface area contributed by atoms with Crippen LogP contribution in [0.2, 0.25) is 0 Å². The summed E-state index contributed by atoms with van der Waals surface area (Å²) in [4.78, 5) is 15.4. The van der Waals surface area contributed by atoms with Crippen LogP contribution in [-0.2, 0) is 11.2 Å². The van der Waals surface area contributed by atoms with Crippen molar-refractivity contribution in [1.82, 2.24) is 14.7 Å². The van der Waals surface area contributed by atoms with Crippen molar-refractivity contribution in [2.24, 2.45) is 5.92 Å². The van der Waals surface area contributed by atoms with Gasteiger partial charge in [-0.15, -0.1) is 0 Å². The van der Waals surface area contributed by atoms with E-state index in [-0.39, 0.29) is 12.5 Å². The molecule has 1 amide bonds. The van der Waals surface area contributed by atoms with E-state index in [9.17, 15) is 9.90 Å². The van der Waals surface area contributed by atoms with Crippen LogP contribution in [0.1, 0.15) is 41.7 Å². The minimum Gasteiger partial charge on any atom is -0.396 e. The lowest BCUT2D eigenvalue weighted by molar-refractivity contribution is 0.0698. The van der Waals surface area contributed by atoms with E-state index in [0.29, 0.717) is 30.5 Å². The number of aromatic nitrogens is 2. The predicted octanol–water partition coefficient (Wildman–Crippen LogP) is 2.44. The molecule has 144 valence electrons. The Kier molecular flexibility index (Phi) is 5.55. The summed E-state index contributed by atoms with van der Waals surface area (Å²) in [6, 6.07) is 10.2. The second-order valence-corrected chi connectivity index (χ2v) is 7.53. The molecule has 1 unspecified atom stereocenters. The molecule has 0 spiro atoms. The fourth-order valence-electron chi connectivity index (χ4n) is 3.68. The highest BCUT2D eigenvalue weighted by molar-refractivity contribution is 5.94. The maximum Gasteiger partial charge on any atom is 0.274 e. The van der Waals surface area contributed by atoms with Crippen molar-refractivity contribution in [2.75, 3.05) is 26.4 Å². The standard InChI is InChI=1S/C21H27N3O3/c25-11-4-5-17-14-24(19-6-2-1-3-7-19)22-20(17)21(26)23(18-8-9-18)13-16-10-12-27-15-16/h1-3,6-7,14,16,18,25H,4-5,8-13,15H2. The van der Waals surface area contributed by atoms with Crippen LogP contribution in [0.4, 0.5) is 0 Å². The van der Waals surface area contributed by atoms with E-state index in [2.05, 4.69) is 5.10 Å². The number of aryl methyl sites for hydroxylation is 1. The van der Waals surface area contributed by atoms with E-state index >= 15 is 0 Å². The van der Waals surface area contributed by atoms with Crippen LogP contribution in [0.3, 0.4) is 0 Å². The molecule has 4 rings (SSSR count). The predicted molar refractivity (Wildman–Crippen MR) is 102 cm³/mol. The fraction of sp³-hybridized carbons (Fsp3) is 0.524. The SMILES string of the molecule is O=C(c1nn(-c2ccccc2)cc1CCCO)N(CC1CCOC1)C1CC1. The van der Waals surface area contributed by atoms with Crippen molar-refractivity contribution in [3.63, 3.8) is 0 Å². The monoisotopic (exact) mass is 369 g/mol. The Morgan fingerprint density at radius 1 is 1.26 bits per heavy atom. The van der Waals surface area contributed by atoms with Gasteiger partial charge in [0, 0.05) is 43.5 Å². The van der Waals surface area contributed by atoms with E-state index in [0.717, 1.165) is 50.3 Å². The molecule has 2 fully saturated rings. The number of ether oxygens (including phenoxy) is 1. The first-order valence-electron chi connectivity index (χ1n) is 9.90. The van der Waals surface area contributed by atoms with Gasteiger partial charge in [0.25, 0.3) is 5.91 Å². The van der Waals surface area contributed by atoms with Crippen molar-refractivity contribution < 1.29 is 14.6 Å². The van der Waals surface area contributed by atoms with E-state index < -0.39 is 0 Å². The summed E-state index contributed by atoms with van der Waals surface area (Å²) in [5.41, 5.74) is 2.37. The number of carbonyl (C=O) groups is 1. The van der Waals surface area contributed by atoms with Crippen molar-refractivity contribution >= 4 is 5.91 Å². The number of amides is 1. The largest absolute Gasteiger partial charge is 0.396 e. The number of carbonyl (C=O) groups excluding carboxylic acids is 1. The number of aliphatic hydroxyl groups excluding tert-OH is 1. The number of para-hydroxylation sites is 1. The Morgan fingerprint density at radius 2 is 2.07 bits per heavy atom. The molecule has 1 aliphatic heterocycles. The Hall–Kier alpha value is -2.18. The Balaban J connectivity index is 1.61. The fourth-order valence-corrected chi connectivity index (χ4v) is 3.68. The van der Waals surface area contributed by atoms with E-state index in [1.807, 2.05) is 41.4 Å². The Labute approximate surface area is 159 Å². The summed E-state index contributed by atoms with van der Waals surface area (Å²) in [6.45, 7) is 2.39. The summed E-state index contributed by atoms with van der Waals surface area (Å²) >= 11 is 0. The van der Waals surface area contributed by atoms with E-state index in [1.54, 1.807) is 4.68 Å². The first-order valence-corrected chi connectivity index (χ1v) is 9.90. The van der Waals surface area contributed by atoms with Gasteiger partial charge in [0.15, 0.2) is 5.69 Å². The number of hydrogen-bond donors (Lipinski definition) is 1. The van der Waals surface area contributed by atoms with Gasteiger partial charge in [-0.2, -0.15) is 5.10 Å². The van der Waals surface area contributed by atoms with Gasteiger partial charge in [0.2, 0.25) is 0 Å². The van der Waals surface area contributed by atoms with Gasteiger partial charge in [-0.25, -0.2) is 4.68 Å². The van der Waals surface area contributed by atoms with Gasteiger partial charge in [0.05, 0.1) is 12.3 Å². The molecule has 2 aromatic rings. The molecule has 0 bridgehead atoms. The molecule has 0 radical (unpaired) electrons. The molecule has 1 saturated heterocycles. The lowest BCUT2D eigenvalue weighted by Crippen LogP contribution is -2.38. The normalized spacial score (nSPS) is 19.4. The first kappa shape index (κ1) is 18.2. The highest BCUT2D eigenvalue weighted by Gasteiger charge is 2.37. The lowest BCUT2D eigenvalue weighted by atomic mass is 10.1. The van der Waals surface area contributed by atoms with Crippen LogP contribution in [0.25, 0.3) is 5.69 Å². The number of nitrogens with zero attached hydrogens (tertiary/aromatic N) is 3. The van der Waals surface area contributed by atoms with Crippen molar-refractivity contribution in [2.45, 2.75) is 38.1 Å². The third-order valence-electron chi connectivity index (χ3n) is 5.34. The van der Waals surface area contributed by atoms with Crippen LogP contribution < -0.4 is 0 Å². The zero-order valence-corrected chi connectivity index (χ0v) is 15.6. The number of benzene rings is 1. The van der Waals surface area contributed by atoms with Crippen LogP contribution >= 0.6 is 0 Å². The summed E-state index contributed by atoms with van der Waals surface area (Å²) in [5, 5.41) is 13.9. The molecule has 6 nitrogen and oxygen atoms in total. The van der Waals surface area contributed by atoms with Crippen molar-refractivity contribution in [3.05, 3.63) is 47.8 Å². The molecule has 1 aromatic carbocycles. The Morgan fingerprint density at radius 3 is 2.74 bits per heavy atom. The number of rotatable bonds is 8. The Bertz CT molecular complexity index is 764. The zero-order valence-electron chi connectivity index (χ0n) is 15.6. The third kappa shape index (κ3) is 4.22. The zero-order chi connectivity index (χ0) is 18.6. The molecular weight excluding hydrogens is 342 g/mol. The van der Waals surface area contributed by atoms with E-state index in [4.69, 9.17) is 4.74 Å². The number of hydrogen-bond acceptors (Lipinski definition) is 4. The van der Waals surface area contributed by atoms with Crippen LogP contribution in [0.15, 0.2) is 36.5 Å². The van der Waals surface area contributed by atoms with E-state index in [1.165, 1.54) is 0 Å². The molecule has 1 saturated carbocycles. The summed E-state index contributed by atoms with van der Waals surface area (Å²) in [5.74, 6) is 0.443. The average molecular weight is 369 g/mol. The molecule has 2 heterocycles. The molecule has 27 heavy (non-hydrogen) atoms. The second-order valence-electron chi connectivity index (χ2n) is 7.53. The maximum atomic E-state index is 13.4. The minimum atomic E-state index is 0.0204. The highest BCUT2D eigenvalue weighted by atomic mass is 16.5. The molecule has 1 aliphatic carbocycles. The average Bonchev–Trinajstić information content (AvgIpc) is 3.24. The lowest BCUT2D eigenvalue weighted by Gasteiger charge is -2.24. The molecule has 1 aromatic heterocycles. The van der Waals surface area contributed by atoms with Gasteiger partial charge in [-0.1, -0.05) is 18.2 Å². The van der Waals surface area contributed by atoms with Crippen LogP contribution in [-0.4, -0.2) is 58.1 Å². The molecule has 6 heteroatoms. The van der Waals surface area contributed by atoms with Crippen LogP contribution in [0.5, 0.6) is 0 Å². The van der Waals surface area contributed by atoms with Crippen LogP contribution in [0, 0.1) is 5.92 Å². The highest BCUT2D eigenvalue weighted by Crippen LogP contribution is 2.31. The third-order valence-corrected chi connectivity index (χ3v) is 5.34.